The van der Waals surface area contributed by atoms with Crippen LogP contribution in [0.3, 0.4) is 0 Å². The number of likely N-dealkylation sites (tertiary alicyclic amines) is 1. The smallest absolute Gasteiger partial charge is 0.267 e. The van der Waals surface area contributed by atoms with Crippen LogP contribution in [-0.4, -0.2) is 40.9 Å². The molecule has 6 nitrogen and oxygen atoms in total. The van der Waals surface area contributed by atoms with Crippen molar-refractivity contribution in [3.05, 3.63) is 57.3 Å². The summed E-state index contributed by atoms with van der Waals surface area (Å²) in [6.07, 6.45) is 2.92. The van der Waals surface area contributed by atoms with E-state index in [1.165, 1.54) is 12.3 Å². The number of pyridine rings is 1. The largest absolute Gasteiger partial charge is 0.488 e. The molecule has 1 atom stereocenters. The molecule has 1 aliphatic rings. The molecule has 2 N–H and O–H groups in total. The summed E-state index contributed by atoms with van der Waals surface area (Å²) in [6, 6.07) is 8.38. The van der Waals surface area contributed by atoms with Crippen molar-refractivity contribution < 1.29 is 14.3 Å². The van der Waals surface area contributed by atoms with Gasteiger partial charge in [-0.15, -0.1) is 0 Å². The molecule has 8 heteroatoms. The Morgan fingerprint density at radius 2 is 2.12 bits per heavy atom. The third-order valence-corrected chi connectivity index (χ3v) is 4.93. The number of carbonyl (C=O) groups is 2. The molecule has 1 unspecified atom stereocenters. The van der Waals surface area contributed by atoms with Crippen LogP contribution in [0.25, 0.3) is 0 Å². The van der Waals surface area contributed by atoms with Crippen LogP contribution in [0.5, 0.6) is 5.75 Å². The summed E-state index contributed by atoms with van der Waals surface area (Å²) in [5.41, 5.74) is 5.85. The van der Waals surface area contributed by atoms with E-state index in [0.29, 0.717) is 29.4 Å². The molecule has 0 saturated carbocycles. The molecule has 26 heavy (non-hydrogen) atoms. The van der Waals surface area contributed by atoms with Crippen LogP contribution in [0.4, 0.5) is 0 Å². The topological polar surface area (TPSA) is 85.5 Å². The van der Waals surface area contributed by atoms with Gasteiger partial charge in [0.05, 0.1) is 17.1 Å². The SMILES string of the molecule is NC(=O)c1cc(OC2CCCN(C(=O)c3cc(Br)ccc3Cl)C2)ccn1. The minimum Gasteiger partial charge on any atom is -0.488 e. The van der Waals surface area contributed by atoms with E-state index in [4.69, 9.17) is 22.1 Å². The van der Waals surface area contributed by atoms with Gasteiger partial charge in [-0.25, -0.2) is 0 Å². The minimum absolute atomic E-state index is 0.128. The molecule has 2 aromatic rings. The highest BCUT2D eigenvalue weighted by molar-refractivity contribution is 9.10. The Balaban J connectivity index is 1.71. The summed E-state index contributed by atoms with van der Waals surface area (Å²) in [5, 5.41) is 0.418. The lowest BCUT2D eigenvalue weighted by Gasteiger charge is -2.33. The maximum absolute atomic E-state index is 12.8. The van der Waals surface area contributed by atoms with Crippen molar-refractivity contribution in [1.29, 1.82) is 0 Å². The molecular formula is C18H17BrClN3O3. The molecule has 136 valence electrons. The highest BCUT2D eigenvalue weighted by Gasteiger charge is 2.27. The van der Waals surface area contributed by atoms with Crippen LogP contribution in [0.1, 0.15) is 33.7 Å². The zero-order valence-corrected chi connectivity index (χ0v) is 16.2. The van der Waals surface area contributed by atoms with E-state index < -0.39 is 5.91 Å². The molecule has 0 aliphatic carbocycles. The number of aromatic nitrogens is 1. The standard InChI is InChI=1S/C18H17BrClN3O3/c19-11-3-4-15(20)14(8-11)18(25)23-7-1-2-13(10-23)26-12-5-6-22-16(9-12)17(21)24/h3-6,8-9,13H,1-2,7,10H2,(H2,21,24). The number of halogens is 2. The van der Waals surface area contributed by atoms with Gasteiger partial charge in [-0.2, -0.15) is 0 Å². The van der Waals surface area contributed by atoms with E-state index in [0.717, 1.165) is 17.3 Å². The first-order valence-electron chi connectivity index (χ1n) is 8.11. The van der Waals surface area contributed by atoms with Gasteiger partial charge in [0.1, 0.15) is 17.5 Å². The van der Waals surface area contributed by atoms with E-state index in [2.05, 4.69) is 20.9 Å². The second-order valence-electron chi connectivity index (χ2n) is 6.00. The van der Waals surface area contributed by atoms with Gasteiger partial charge in [0, 0.05) is 23.3 Å². The van der Waals surface area contributed by atoms with Crippen molar-refractivity contribution in [3.63, 3.8) is 0 Å². The van der Waals surface area contributed by atoms with Gasteiger partial charge in [-0.1, -0.05) is 27.5 Å². The van der Waals surface area contributed by atoms with Gasteiger partial charge in [-0.3, -0.25) is 14.6 Å². The highest BCUT2D eigenvalue weighted by atomic mass is 79.9. The molecule has 1 saturated heterocycles. The molecule has 0 radical (unpaired) electrons. The third kappa shape index (κ3) is 4.34. The molecule has 2 heterocycles. The normalized spacial score (nSPS) is 17.0. The van der Waals surface area contributed by atoms with E-state index >= 15 is 0 Å². The molecule has 1 aliphatic heterocycles. The number of rotatable bonds is 4. The number of benzene rings is 1. The van der Waals surface area contributed by atoms with E-state index in [9.17, 15) is 9.59 Å². The molecular weight excluding hydrogens is 422 g/mol. The minimum atomic E-state index is -0.611. The summed E-state index contributed by atoms with van der Waals surface area (Å²) < 4.78 is 6.73. The Hall–Kier alpha value is -2.12. The second-order valence-corrected chi connectivity index (χ2v) is 7.32. The molecule has 1 aromatic heterocycles. The van der Waals surface area contributed by atoms with Crippen LogP contribution < -0.4 is 10.5 Å². The fourth-order valence-corrected chi connectivity index (χ4v) is 3.42. The Morgan fingerprint density at radius 3 is 2.88 bits per heavy atom. The van der Waals surface area contributed by atoms with Crippen molar-refractivity contribution in [1.82, 2.24) is 9.88 Å². The average Bonchev–Trinajstić information content (AvgIpc) is 2.63. The van der Waals surface area contributed by atoms with E-state index in [1.54, 1.807) is 29.2 Å². The third-order valence-electron chi connectivity index (χ3n) is 4.11. The number of nitrogens with zero attached hydrogens (tertiary/aromatic N) is 2. The van der Waals surface area contributed by atoms with Crippen molar-refractivity contribution in [3.8, 4) is 5.75 Å². The van der Waals surface area contributed by atoms with Crippen molar-refractivity contribution >= 4 is 39.3 Å². The summed E-state index contributed by atoms with van der Waals surface area (Å²) in [7, 11) is 0. The summed E-state index contributed by atoms with van der Waals surface area (Å²) in [5.74, 6) is -0.231. The first-order chi connectivity index (χ1) is 12.4. The molecule has 2 amide bonds. The van der Waals surface area contributed by atoms with Crippen molar-refractivity contribution in [2.75, 3.05) is 13.1 Å². The van der Waals surface area contributed by atoms with Crippen LogP contribution in [0.15, 0.2) is 41.0 Å². The molecule has 3 rings (SSSR count). The lowest BCUT2D eigenvalue weighted by Crippen LogP contribution is -2.44. The molecule has 0 spiro atoms. The Labute approximate surface area is 164 Å². The maximum atomic E-state index is 12.8. The Kier molecular flexibility index (Phi) is 5.78. The number of primary amides is 1. The zero-order chi connectivity index (χ0) is 18.7. The summed E-state index contributed by atoms with van der Waals surface area (Å²) in [4.78, 5) is 29.7. The van der Waals surface area contributed by atoms with Crippen LogP contribution in [0.2, 0.25) is 5.02 Å². The number of hydrogen-bond acceptors (Lipinski definition) is 4. The van der Waals surface area contributed by atoms with Gasteiger partial charge in [0.25, 0.3) is 11.8 Å². The van der Waals surface area contributed by atoms with Gasteiger partial charge in [0.15, 0.2) is 0 Å². The van der Waals surface area contributed by atoms with Crippen molar-refractivity contribution in [2.45, 2.75) is 18.9 Å². The number of amides is 2. The van der Waals surface area contributed by atoms with Gasteiger partial charge < -0.3 is 15.4 Å². The number of hydrogen-bond donors (Lipinski definition) is 1. The number of nitrogens with two attached hydrogens (primary N) is 1. The van der Waals surface area contributed by atoms with Crippen LogP contribution in [-0.2, 0) is 0 Å². The predicted octanol–water partition coefficient (Wildman–Crippen LogP) is 3.28. The van der Waals surface area contributed by atoms with E-state index in [-0.39, 0.29) is 17.7 Å². The fraction of sp³-hybridized carbons (Fsp3) is 0.278. The lowest BCUT2D eigenvalue weighted by atomic mass is 10.1. The van der Waals surface area contributed by atoms with Crippen LogP contribution in [0, 0.1) is 0 Å². The quantitative estimate of drug-likeness (QED) is 0.794. The maximum Gasteiger partial charge on any atom is 0.267 e. The van der Waals surface area contributed by atoms with E-state index in [1.807, 2.05) is 0 Å². The molecule has 1 aromatic carbocycles. The first kappa shape index (κ1) is 18.7. The average molecular weight is 439 g/mol. The molecule has 1 fully saturated rings. The Morgan fingerprint density at radius 1 is 1.31 bits per heavy atom. The highest BCUT2D eigenvalue weighted by Crippen LogP contribution is 2.25. The Bertz CT molecular complexity index is 846. The fourth-order valence-electron chi connectivity index (χ4n) is 2.86. The van der Waals surface area contributed by atoms with Gasteiger partial charge >= 0.3 is 0 Å². The zero-order valence-electron chi connectivity index (χ0n) is 13.8. The number of carbonyl (C=O) groups excluding carboxylic acids is 2. The number of piperidine rings is 1. The van der Waals surface area contributed by atoms with Gasteiger partial charge in [0.2, 0.25) is 0 Å². The lowest BCUT2D eigenvalue weighted by molar-refractivity contribution is 0.0537. The predicted molar refractivity (Wildman–Crippen MR) is 101 cm³/mol. The number of ether oxygens (including phenoxy) is 1. The first-order valence-corrected chi connectivity index (χ1v) is 9.28. The second kappa shape index (κ2) is 8.05. The summed E-state index contributed by atoms with van der Waals surface area (Å²) >= 11 is 9.54. The van der Waals surface area contributed by atoms with Crippen LogP contribution >= 0.6 is 27.5 Å². The summed E-state index contributed by atoms with van der Waals surface area (Å²) in [6.45, 7) is 1.08. The molecule has 0 bridgehead atoms. The van der Waals surface area contributed by atoms with Gasteiger partial charge in [-0.05, 0) is 37.1 Å². The van der Waals surface area contributed by atoms with Crippen molar-refractivity contribution in [2.24, 2.45) is 5.73 Å². The monoisotopic (exact) mass is 437 g/mol.